The standard InChI is InChI=1S/C12H12ClNS/c1-8-3-5-10(6-4-8)12-9(2)14-11(7-13)15-12/h3-6H,7H2,1-2H3. The number of halogens is 1. The largest absolute Gasteiger partial charge is 0.245 e. The Morgan fingerprint density at radius 2 is 1.87 bits per heavy atom. The molecule has 0 aliphatic heterocycles. The zero-order valence-corrected chi connectivity index (χ0v) is 10.3. The normalized spacial score (nSPS) is 10.6. The summed E-state index contributed by atoms with van der Waals surface area (Å²) >= 11 is 7.45. The summed E-state index contributed by atoms with van der Waals surface area (Å²) in [5.74, 6) is 0.497. The lowest BCUT2D eigenvalue weighted by molar-refractivity contribution is 1.18. The summed E-state index contributed by atoms with van der Waals surface area (Å²) < 4.78 is 0. The molecule has 1 heterocycles. The van der Waals surface area contributed by atoms with Gasteiger partial charge in [-0.2, -0.15) is 0 Å². The number of rotatable bonds is 2. The maximum Gasteiger partial charge on any atom is 0.108 e. The van der Waals surface area contributed by atoms with Crippen molar-refractivity contribution in [3.05, 3.63) is 40.5 Å². The van der Waals surface area contributed by atoms with Gasteiger partial charge in [0.15, 0.2) is 0 Å². The van der Waals surface area contributed by atoms with Gasteiger partial charge in [-0.1, -0.05) is 29.8 Å². The summed E-state index contributed by atoms with van der Waals surface area (Å²) in [7, 11) is 0. The van der Waals surface area contributed by atoms with Crippen molar-refractivity contribution in [1.82, 2.24) is 4.98 Å². The van der Waals surface area contributed by atoms with Gasteiger partial charge in [0.2, 0.25) is 0 Å². The molecule has 0 aliphatic carbocycles. The molecule has 15 heavy (non-hydrogen) atoms. The number of aryl methyl sites for hydroxylation is 2. The van der Waals surface area contributed by atoms with Crippen LogP contribution in [0.4, 0.5) is 0 Å². The first-order chi connectivity index (χ1) is 7.20. The molecule has 0 N–H and O–H groups in total. The van der Waals surface area contributed by atoms with Gasteiger partial charge in [0.05, 0.1) is 16.5 Å². The van der Waals surface area contributed by atoms with E-state index in [4.69, 9.17) is 11.6 Å². The Morgan fingerprint density at radius 1 is 1.20 bits per heavy atom. The van der Waals surface area contributed by atoms with Crippen molar-refractivity contribution in [2.45, 2.75) is 19.7 Å². The van der Waals surface area contributed by atoms with Gasteiger partial charge in [-0.25, -0.2) is 4.98 Å². The van der Waals surface area contributed by atoms with Crippen LogP contribution in [0, 0.1) is 13.8 Å². The molecule has 0 saturated heterocycles. The minimum atomic E-state index is 0.497. The highest BCUT2D eigenvalue weighted by Crippen LogP contribution is 2.30. The summed E-state index contributed by atoms with van der Waals surface area (Å²) in [5, 5.41) is 0.991. The molecule has 0 saturated carbocycles. The van der Waals surface area contributed by atoms with Crippen molar-refractivity contribution in [2.75, 3.05) is 0 Å². The molecule has 0 bridgehead atoms. The molecule has 2 aromatic rings. The second-order valence-corrected chi connectivity index (χ2v) is 4.87. The van der Waals surface area contributed by atoms with E-state index >= 15 is 0 Å². The van der Waals surface area contributed by atoms with Gasteiger partial charge >= 0.3 is 0 Å². The predicted octanol–water partition coefficient (Wildman–Crippen LogP) is 4.17. The van der Waals surface area contributed by atoms with E-state index in [1.54, 1.807) is 11.3 Å². The first kappa shape index (κ1) is 10.7. The Hall–Kier alpha value is -0.860. The molecule has 0 atom stereocenters. The molecule has 0 unspecified atom stereocenters. The molecule has 0 amide bonds. The average Bonchev–Trinajstić information content (AvgIpc) is 2.61. The van der Waals surface area contributed by atoms with Crippen molar-refractivity contribution < 1.29 is 0 Å². The molecule has 0 spiro atoms. The third-order valence-corrected chi connectivity index (χ3v) is 3.89. The van der Waals surface area contributed by atoms with E-state index in [2.05, 4.69) is 36.2 Å². The fourth-order valence-corrected chi connectivity index (χ4v) is 2.63. The topological polar surface area (TPSA) is 12.9 Å². The number of alkyl halides is 1. The molecule has 0 radical (unpaired) electrons. The monoisotopic (exact) mass is 237 g/mol. The molecular formula is C12H12ClNS. The van der Waals surface area contributed by atoms with Gasteiger partial charge in [-0.15, -0.1) is 22.9 Å². The molecular weight excluding hydrogens is 226 g/mol. The van der Waals surface area contributed by atoms with E-state index in [-0.39, 0.29) is 0 Å². The Balaban J connectivity index is 2.44. The SMILES string of the molecule is Cc1ccc(-c2sc(CCl)nc2C)cc1. The van der Waals surface area contributed by atoms with Crippen molar-refractivity contribution >= 4 is 22.9 Å². The number of aromatic nitrogens is 1. The fourth-order valence-electron chi connectivity index (χ4n) is 1.48. The summed E-state index contributed by atoms with van der Waals surface area (Å²) in [6.07, 6.45) is 0. The number of benzene rings is 1. The van der Waals surface area contributed by atoms with Crippen LogP contribution in [-0.2, 0) is 5.88 Å². The minimum Gasteiger partial charge on any atom is -0.245 e. The summed E-state index contributed by atoms with van der Waals surface area (Å²) in [6, 6.07) is 8.51. The van der Waals surface area contributed by atoms with E-state index in [9.17, 15) is 0 Å². The zero-order valence-electron chi connectivity index (χ0n) is 8.75. The second-order valence-electron chi connectivity index (χ2n) is 3.52. The van der Waals surface area contributed by atoms with Gasteiger partial charge in [0.1, 0.15) is 5.01 Å². The highest BCUT2D eigenvalue weighted by Gasteiger charge is 2.08. The van der Waals surface area contributed by atoms with Gasteiger partial charge in [0.25, 0.3) is 0 Å². The molecule has 1 nitrogen and oxygen atoms in total. The third-order valence-electron chi connectivity index (χ3n) is 2.27. The number of hydrogen-bond donors (Lipinski definition) is 0. The van der Waals surface area contributed by atoms with Crippen LogP contribution in [0.1, 0.15) is 16.3 Å². The van der Waals surface area contributed by atoms with E-state index in [0.717, 1.165) is 10.7 Å². The first-order valence-corrected chi connectivity index (χ1v) is 6.15. The van der Waals surface area contributed by atoms with Crippen LogP contribution in [-0.4, -0.2) is 4.98 Å². The third kappa shape index (κ3) is 2.21. The van der Waals surface area contributed by atoms with E-state index in [1.165, 1.54) is 16.0 Å². The maximum atomic E-state index is 5.77. The molecule has 1 aromatic carbocycles. The van der Waals surface area contributed by atoms with Crippen LogP contribution >= 0.6 is 22.9 Å². The summed E-state index contributed by atoms with van der Waals surface area (Å²) in [5.41, 5.74) is 3.57. The van der Waals surface area contributed by atoms with Gasteiger partial charge in [-0.05, 0) is 19.4 Å². The number of thiazole rings is 1. The van der Waals surface area contributed by atoms with Crippen molar-refractivity contribution in [3.63, 3.8) is 0 Å². The number of hydrogen-bond acceptors (Lipinski definition) is 2. The van der Waals surface area contributed by atoms with Gasteiger partial charge < -0.3 is 0 Å². The minimum absolute atomic E-state index is 0.497. The Morgan fingerprint density at radius 3 is 2.40 bits per heavy atom. The smallest absolute Gasteiger partial charge is 0.108 e. The molecule has 2 rings (SSSR count). The van der Waals surface area contributed by atoms with Crippen LogP contribution < -0.4 is 0 Å². The zero-order chi connectivity index (χ0) is 10.8. The maximum absolute atomic E-state index is 5.77. The highest BCUT2D eigenvalue weighted by atomic mass is 35.5. The Labute approximate surface area is 98.7 Å². The summed E-state index contributed by atoms with van der Waals surface area (Å²) in [4.78, 5) is 5.64. The van der Waals surface area contributed by atoms with Crippen LogP contribution in [0.5, 0.6) is 0 Å². The lowest BCUT2D eigenvalue weighted by Crippen LogP contribution is -1.79. The van der Waals surface area contributed by atoms with Crippen LogP contribution in [0.15, 0.2) is 24.3 Å². The molecule has 0 fully saturated rings. The van der Waals surface area contributed by atoms with Gasteiger partial charge in [0, 0.05) is 0 Å². The Kier molecular flexibility index (Phi) is 3.08. The second kappa shape index (κ2) is 4.33. The molecule has 0 aliphatic rings. The molecule has 78 valence electrons. The predicted molar refractivity (Wildman–Crippen MR) is 66.6 cm³/mol. The van der Waals surface area contributed by atoms with Gasteiger partial charge in [-0.3, -0.25) is 0 Å². The molecule has 1 aromatic heterocycles. The highest BCUT2D eigenvalue weighted by molar-refractivity contribution is 7.15. The summed E-state index contributed by atoms with van der Waals surface area (Å²) in [6.45, 7) is 4.12. The van der Waals surface area contributed by atoms with Crippen LogP contribution in [0.3, 0.4) is 0 Å². The fraction of sp³-hybridized carbons (Fsp3) is 0.250. The molecule has 3 heteroatoms. The van der Waals surface area contributed by atoms with E-state index in [0.29, 0.717) is 5.88 Å². The number of nitrogens with zero attached hydrogens (tertiary/aromatic N) is 1. The lowest BCUT2D eigenvalue weighted by atomic mass is 10.1. The van der Waals surface area contributed by atoms with Crippen molar-refractivity contribution in [1.29, 1.82) is 0 Å². The van der Waals surface area contributed by atoms with Crippen molar-refractivity contribution in [3.8, 4) is 10.4 Å². The van der Waals surface area contributed by atoms with E-state index < -0.39 is 0 Å². The lowest BCUT2D eigenvalue weighted by Gasteiger charge is -1.98. The van der Waals surface area contributed by atoms with E-state index in [1.807, 2.05) is 6.92 Å². The average molecular weight is 238 g/mol. The first-order valence-electron chi connectivity index (χ1n) is 4.80. The Bertz CT molecular complexity index is 459. The van der Waals surface area contributed by atoms with Crippen LogP contribution in [0.25, 0.3) is 10.4 Å². The quantitative estimate of drug-likeness (QED) is 0.715. The van der Waals surface area contributed by atoms with Crippen molar-refractivity contribution in [2.24, 2.45) is 0 Å². The van der Waals surface area contributed by atoms with Crippen LogP contribution in [0.2, 0.25) is 0 Å².